The number of hydrogen-bond donors (Lipinski definition) is 2. The van der Waals surface area contributed by atoms with Gasteiger partial charge in [-0.05, 0) is 32.0 Å². The van der Waals surface area contributed by atoms with Crippen LogP contribution in [0.1, 0.15) is 19.4 Å². The van der Waals surface area contributed by atoms with E-state index in [1.54, 1.807) is 11.0 Å². The van der Waals surface area contributed by atoms with E-state index in [1.165, 1.54) is 17.0 Å². The predicted molar refractivity (Wildman–Crippen MR) is 156 cm³/mol. The standard InChI is InChI=1S/C28H25ClF5N7OS/c1-13-9-40(10-14(2)37-13)25-17-6-18(28(32,33)34)22(16-7-19(29)21(31)8-20(16)30)24-23(17)41(27(42)39-25)11-15(12-43-24)38-26-35-4-3-5-36-26/h3-8,13-15,37H,9-12H2,1-2H3,(H,35,36,38)/t13-,14+,15-/m0/s1. The Kier molecular flexibility index (Phi) is 7.71. The summed E-state index contributed by atoms with van der Waals surface area (Å²) in [6, 6.07) is 3.29. The summed E-state index contributed by atoms with van der Waals surface area (Å²) in [6.07, 6.45) is -1.89. The molecule has 2 aromatic heterocycles. The van der Waals surface area contributed by atoms with Crippen molar-refractivity contribution in [2.75, 3.05) is 29.1 Å². The van der Waals surface area contributed by atoms with Gasteiger partial charge in [-0.2, -0.15) is 18.2 Å². The van der Waals surface area contributed by atoms with Gasteiger partial charge in [0.25, 0.3) is 0 Å². The average molecular weight is 638 g/mol. The quantitative estimate of drug-likeness (QED) is 0.222. The minimum Gasteiger partial charge on any atom is -0.353 e. The highest BCUT2D eigenvalue weighted by molar-refractivity contribution is 7.99. The van der Waals surface area contributed by atoms with Crippen molar-refractivity contribution in [1.29, 1.82) is 0 Å². The first kappa shape index (κ1) is 29.6. The van der Waals surface area contributed by atoms with Crippen LogP contribution in [-0.4, -0.2) is 56.5 Å². The summed E-state index contributed by atoms with van der Waals surface area (Å²) in [5.41, 5.74) is -2.68. The van der Waals surface area contributed by atoms with E-state index < -0.39 is 51.3 Å². The molecule has 3 atom stereocenters. The molecule has 0 spiro atoms. The van der Waals surface area contributed by atoms with Gasteiger partial charge in [-0.3, -0.25) is 4.57 Å². The maximum Gasteiger partial charge on any atom is 0.417 e. The smallest absolute Gasteiger partial charge is 0.353 e. The molecule has 4 aromatic rings. The van der Waals surface area contributed by atoms with Gasteiger partial charge in [0.15, 0.2) is 0 Å². The van der Waals surface area contributed by atoms with Gasteiger partial charge in [-0.1, -0.05) is 11.6 Å². The lowest BCUT2D eigenvalue weighted by Gasteiger charge is -2.37. The molecule has 8 nitrogen and oxygen atoms in total. The van der Waals surface area contributed by atoms with Crippen LogP contribution in [0.4, 0.5) is 33.7 Å². The lowest BCUT2D eigenvalue weighted by Crippen LogP contribution is -2.55. The Morgan fingerprint density at radius 2 is 1.74 bits per heavy atom. The molecule has 0 aliphatic carbocycles. The molecule has 0 saturated carbocycles. The summed E-state index contributed by atoms with van der Waals surface area (Å²) in [5, 5.41) is 6.06. The summed E-state index contributed by atoms with van der Waals surface area (Å²) in [5.74, 6) is -1.77. The maximum atomic E-state index is 15.3. The van der Waals surface area contributed by atoms with Gasteiger partial charge in [0.2, 0.25) is 5.95 Å². The Balaban J connectivity index is 1.66. The number of hydrogen-bond acceptors (Lipinski definition) is 8. The van der Waals surface area contributed by atoms with Crippen molar-refractivity contribution >= 4 is 46.0 Å². The summed E-state index contributed by atoms with van der Waals surface area (Å²) < 4.78 is 75.4. The molecule has 0 amide bonds. The second kappa shape index (κ2) is 11.2. The van der Waals surface area contributed by atoms with Crippen LogP contribution in [0.2, 0.25) is 5.02 Å². The van der Waals surface area contributed by atoms with Crippen LogP contribution in [-0.2, 0) is 12.7 Å². The molecule has 2 aromatic carbocycles. The predicted octanol–water partition coefficient (Wildman–Crippen LogP) is 5.58. The number of halogens is 6. The Hall–Kier alpha value is -3.49. The first-order valence-corrected chi connectivity index (χ1v) is 14.8. The molecule has 226 valence electrons. The molecule has 1 fully saturated rings. The molecule has 2 aliphatic heterocycles. The van der Waals surface area contributed by atoms with E-state index in [4.69, 9.17) is 11.6 Å². The zero-order chi connectivity index (χ0) is 30.6. The van der Waals surface area contributed by atoms with Crippen molar-refractivity contribution in [2.24, 2.45) is 0 Å². The number of rotatable bonds is 4. The van der Waals surface area contributed by atoms with E-state index in [9.17, 15) is 22.4 Å². The van der Waals surface area contributed by atoms with E-state index in [0.717, 1.165) is 23.9 Å². The largest absolute Gasteiger partial charge is 0.417 e. The summed E-state index contributed by atoms with van der Waals surface area (Å²) >= 11 is 6.98. The first-order valence-electron chi connectivity index (χ1n) is 13.4. The van der Waals surface area contributed by atoms with E-state index >= 15 is 4.39 Å². The summed E-state index contributed by atoms with van der Waals surface area (Å²) in [6.45, 7) is 4.69. The highest BCUT2D eigenvalue weighted by Crippen LogP contribution is 2.49. The van der Waals surface area contributed by atoms with Crippen LogP contribution in [0, 0.1) is 11.6 Å². The van der Waals surface area contributed by atoms with Gasteiger partial charge in [0, 0.05) is 77.3 Å². The Bertz CT molecular complexity index is 1760. The van der Waals surface area contributed by atoms with Crippen molar-refractivity contribution in [2.45, 2.75) is 49.6 Å². The third kappa shape index (κ3) is 5.63. The molecule has 2 aliphatic rings. The summed E-state index contributed by atoms with van der Waals surface area (Å²) in [4.78, 5) is 28.1. The van der Waals surface area contributed by atoms with Gasteiger partial charge in [-0.25, -0.2) is 23.5 Å². The number of nitrogens with zero attached hydrogens (tertiary/aromatic N) is 5. The second-order valence-electron chi connectivity index (χ2n) is 10.7. The molecule has 1 saturated heterocycles. The zero-order valence-corrected chi connectivity index (χ0v) is 24.4. The van der Waals surface area contributed by atoms with E-state index in [0.29, 0.717) is 19.2 Å². The van der Waals surface area contributed by atoms with E-state index in [1.807, 2.05) is 13.8 Å². The first-order chi connectivity index (χ1) is 20.4. The molecule has 43 heavy (non-hydrogen) atoms. The third-order valence-corrected chi connectivity index (χ3v) is 8.92. The minimum absolute atomic E-state index is 0.0154. The van der Waals surface area contributed by atoms with Gasteiger partial charge in [-0.15, -0.1) is 11.8 Å². The van der Waals surface area contributed by atoms with Crippen molar-refractivity contribution in [3.63, 3.8) is 0 Å². The minimum atomic E-state index is -4.95. The van der Waals surface area contributed by atoms with E-state index in [2.05, 4.69) is 25.6 Å². The number of anilines is 2. The fourth-order valence-corrected chi connectivity index (χ4v) is 7.19. The number of nitrogens with one attached hydrogen (secondary N) is 2. The summed E-state index contributed by atoms with van der Waals surface area (Å²) in [7, 11) is 0. The molecule has 0 radical (unpaired) electrons. The number of thioether (sulfide) groups is 1. The number of aromatic nitrogens is 4. The molecule has 0 unspecified atom stereocenters. The third-order valence-electron chi connectivity index (χ3n) is 7.37. The Labute approximate surface area is 251 Å². The van der Waals surface area contributed by atoms with Crippen LogP contribution in [0.15, 0.2) is 46.3 Å². The van der Waals surface area contributed by atoms with Crippen molar-refractivity contribution in [3.05, 3.63) is 69.4 Å². The number of benzene rings is 2. The molecule has 6 rings (SSSR count). The highest BCUT2D eigenvalue weighted by Gasteiger charge is 2.39. The Morgan fingerprint density at radius 3 is 2.42 bits per heavy atom. The van der Waals surface area contributed by atoms with Crippen LogP contribution in [0.25, 0.3) is 22.0 Å². The van der Waals surface area contributed by atoms with E-state index in [-0.39, 0.29) is 51.9 Å². The topological polar surface area (TPSA) is 88.0 Å². The van der Waals surface area contributed by atoms with Crippen molar-refractivity contribution < 1.29 is 22.0 Å². The van der Waals surface area contributed by atoms with Gasteiger partial charge < -0.3 is 15.5 Å². The van der Waals surface area contributed by atoms with Gasteiger partial charge in [0.05, 0.1) is 22.1 Å². The van der Waals surface area contributed by atoms with Crippen molar-refractivity contribution in [3.8, 4) is 11.1 Å². The lowest BCUT2D eigenvalue weighted by molar-refractivity contribution is -0.137. The SMILES string of the molecule is C[C@@H]1CN(c2nc(=O)n3c4c(c(-c5cc(Cl)c(F)cc5F)c(C(F)(F)F)cc24)SC[C@@H](Nc2ncccn2)C3)C[C@H](C)N1. The van der Waals surface area contributed by atoms with Gasteiger partial charge >= 0.3 is 11.9 Å². The second-order valence-corrected chi connectivity index (χ2v) is 12.1. The van der Waals surface area contributed by atoms with Gasteiger partial charge in [0.1, 0.15) is 17.5 Å². The van der Waals surface area contributed by atoms with Crippen LogP contribution in [0.3, 0.4) is 0 Å². The lowest BCUT2D eigenvalue weighted by atomic mass is 9.95. The highest BCUT2D eigenvalue weighted by atomic mass is 35.5. The average Bonchev–Trinajstić information content (AvgIpc) is 3.13. The maximum absolute atomic E-state index is 15.3. The Morgan fingerprint density at radius 1 is 1.05 bits per heavy atom. The zero-order valence-electron chi connectivity index (χ0n) is 22.8. The molecular weight excluding hydrogens is 613 g/mol. The number of piperazine rings is 1. The van der Waals surface area contributed by atoms with Crippen LogP contribution >= 0.6 is 23.4 Å². The molecular formula is C28H25ClF5N7OS. The normalized spacial score (nSPS) is 20.7. The fourth-order valence-electron chi connectivity index (χ4n) is 5.75. The monoisotopic (exact) mass is 637 g/mol. The molecule has 0 bridgehead atoms. The van der Waals surface area contributed by atoms with Crippen molar-refractivity contribution in [1.82, 2.24) is 24.8 Å². The molecule has 4 heterocycles. The van der Waals surface area contributed by atoms with Crippen LogP contribution < -0.4 is 21.2 Å². The number of alkyl halides is 3. The fraction of sp³-hybridized carbons (Fsp3) is 0.357. The van der Waals surface area contributed by atoms with Crippen LogP contribution in [0.5, 0.6) is 0 Å². The molecule has 15 heteroatoms. The molecule has 2 N–H and O–H groups in total.